The number of carbonyl (C=O) groups is 1. The normalized spacial score (nSPS) is 15.6. The Morgan fingerprint density at radius 2 is 1.57 bits per heavy atom. The lowest BCUT2D eigenvalue weighted by Crippen LogP contribution is -2.31. The third kappa shape index (κ3) is 3.10. The van der Waals surface area contributed by atoms with E-state index in [2.05, 4.69) is 0 Å². The van der Waals surface area contributed by atoms with E-state index in [1.165, 1.54) is 0 Å². The molecule has 1 aromatic heterocycles. The van der Waals surface area contributed by atoms with Crippen molar-refractivity contribution in [3.63, 3.8) is 0 Å². The first kappa shape index (κ1) is 18.6. The van der Waals surface area contributed by atoms with E-state index < -0.39 is 6.04 Å². The van der Waals surface area contributed by atoms with Gasteiger partial charge in [-0.2, -0.15) is 0 Å². The van der Waals surface area contributed by atoms with Gasteiger partial charge in [0.25, 0.3) is 5.91 Å². The molecular formula is C25H18ClNO3. The molecule has 30 heavy (non-hydrogen) atoms. The van der Waals surface area contributed by atoms with Gasteiger partial charge in [0.05, 0.1) is 17.0 Å². The minimum atomic E-state index is -0.505. The lowest BCUT2D eigenvalue weighted by molar-refractivity contribution is 0.0730. The highest BCUT2D eigenvalue weighted by molar-refractivity contribution is 6.30. The summed E-state index contributed by atoms with van der Waals surface area (Å²) in [7, 11) is 0. The summed E-state index contributed by atoms with van der Waals surface area (Å²) < 4.78 is 5.94. The molecule has 5 heteroatoms. The van der Waals surface area contributed by atoms with Gasteiger partial charge in [0, 0.05) is 11.6 Å². The van der Waals surface area contributed by atoms with Crippen molar-refractivity contribution in [2.45, 2.75) is 12.5 Å². The number of nitrogens with zero attached hydrogens (tertiary/aromatic N) is 1. The second kappa shape index (κ2) is 7.47. The third-order valence-electron chi connectivity index (χ3n) is 5.54. The van der Waals surface area contributed by atoms with Crippen LogP contribution >= 0.6 is 11.6 Å². The van der Waals surface area contributed by atoms with Gasteiger partial charge in [-0.15, -0.1) is 0 Å². The van der Waals surface area contributed by atoms with Crippen LogP contribution in [0.3, 0.4) is 0 Å². The van der Waals surface area contributed by atoms with Gasteiger partial charge in [0.1, 0.15) is 5.58 Å². The molecule has 5 rings (SSSR count). The van der Waals surface area contributed by atoms with Gasteiger partial charge in [-0.1, -0.05) is 66.2 Å². The highest BCUT2D eigenvalue weighted by Crippen LogP contribution is 2.38. The van der Waals surface area contributed by atoms with E-state index in [0.29, 0.717) is 34.5 Å². The van der Waals surface area contributed by atoms with E-state index in [1.54, 1.807) is 41.3 Å². The molecule has 1 amide bonds. The number of para-hydroxylation sites is 1. The topological polar surface area (TPSA) is 50.5 Å². The van der Waals surface area contributed by atoms with Gasteiger partial charge in [0.2, 0.25) is 5.76 Å². The Morgan fingerprint density at radius 1 is 0.867 bits per heavy atom. The predicted molar refractivity (Wildman–Crippen MR) is 117 cm³/mol. The minimum absolute atomic E-state index is 0.131. The Balaban J connectivity index is 1.64. The van der Waals surface area contributed by atoms with Crippen LogP contribution in [0.15, 0.2) is 88.1 Å². The van der Waals surface area contributed by atoms with Crippen molar-refractivity contribution in [1.29, 1.82) is 0 Å². The first-order valence-electron chi connectivity index (χ1n) is 9.79. The molecule has 0 radical (unpaired) electrons. The summed E-state index contributed by atoms with van der Waals surface area (Å²) in [4.78, 5) is 28.4. The molecule has 0 fully saturated rings. The van der Waals surface area contributed by atoms with E-state index in [9.17, 15) is 9.59 Å². The minimum Gasteiger partial charge on any atom is -0.450 e. The molecule has 148 valence electrons. The number of fused-ring (bicyclic) bond motifs is 2. The monoisotopic (exact) mass is 415 g/mol. The summed E-state index contributed by atoms with van der Waals surface area (Å²) in [6.07, 6.45) is 0.679. The third-order valence-corrected chi connectivity index (χ3v) is 5.80. The summed E-state index contributed by atoms with van der Waals surface area (Å²) in [5, 5.41) is 1.08. The first-order valence-corrected chi connectivity index (χ1v) is 10.2. The molecule has 4 aromatic rings. The van der Waals surface area contributed by atoms with E-state index in [1.807, 2.05) is 42.5 Å². The lowest BCUT2D eigenvalue weighted by Gasteiger charge is -2.25. The summed E-state index contributed by atoms with van der Waals surface area (Å²) in [6, 6.07) is 23.8. The number of hydrogen-bond acceptors (Lipinski definition) is 3. The second-order valence-corrected chi connectivity index (χ2v) is 7.79. The SMILES string of the molecule is O=C1c2oc3ccccc3c(=O)c2[C@@H](c2ccc(Cl)cc2)N1CCc1ccccc1. The van der Waals surface area contributed by atoms with Gasteiger partial charge in [-0.3, -0.25) is 9.59 Å². The van der Waals surface area contributed by atoms with Crippen LogP contribution in [0.25, 0.3) is 11.0 Å². The van der Waals surface area contributed by atoms with Crippen molar-refractivity contribution in [2.75, 3.05) is 6.54 Å². The highest BCUT2D eigenvalue weighted by Gasteiger charge is 2.42. The van der Waals surface area contributed by atoms with Gasteiger partial charge in [-0.05, 0) is 41.8 Å². The molecule has 1 aliphatic heterocycles. The van der Waals surface area contributed by atoms with Crippen LogP contribution in [0.4, 0.5) is 0 Å². The fraction of sp³-hybridized carbons (Fsp3) is 0.120. The number of carbonyl (C=O) groups excluding carboxylic acids is 1. The van der Waals surface area contributed by atoms with E-state index in [4.69, 9.17) is 16.0 Å². The molecule has 1 aliphatic rings. The number of hydrogen-bond donors (Lipinski definition) is 0. The zero-order valence-corrected chi connectivity index (χ0v) is 16.8. The van der Waals surface area contributed by atoms with Gasteiger partial charge < -0.3 is 9.32 Å². The molecule has 0 saturated heterocycles. The van der Waals surface area contributed by atoms with Crippen LogP contribution in [0, 0.1) is 0 Å². The summed E-state index contributed by atoms with van der Waals surface area (Å²) in [5.74, 6) is -0.129. The van der Waals surface area contributed by atoms with Crippen LogP contribution in [-0.2, 0) is 6.42 Å². The van der Waals surface area contributed by atoms with Crippen LogP contribution in [0.5, 0.6) is 0 Å². The molecule has 0 bridgehead atoms. The smallest absolute Gasteiger partial charge is 0.290 e. The molecular weight excluding hydrogens is 398 g/mol. The largest absolute Gasteiger partial charge is 0.450 e. The Labute approximate surface area is 178 Å². The molecule has 0 unspecified atom stereocenters. The molecule has 2 heterocycles. The van der Waals surface area contributed by atoms with Crippen molar-refractivity contribution in [3.8, 4) is 0 Å². The standard InChI is InChI=1S/C25H18ClNO3/c26-18-12-10-17(11-13-18)22-21-23(28)19-8-4-5-9-20(19)30-24(21)25(29)27(22)15-14-16-6-2-1-3-7-16/h1-13,22H,14-15H2/t22-/m1/s1. The zero-order valence-electron chi connectivity index (χ0n) is 16.0. The molecule has 0 aliphatic carbocycles. The van der Waals surface area contributed by atoms with Crippen molar-refractivity contribution in [3.05, 3.63) is 117 Å². The van der Waals surface area contributed by atoms with Gasteiger partial charge >= 0.3 is 0 Å². The molecule has 1 atom stereocenters. The fourth-order valence-electron chi connectivity index (χ4n) is 4.08. The average molecular weight is 416 g/mol. The number of benzene rings is 3. The Morgan fingerprint density at radius 3 is 2.33 bits per heavy atom. The summed E-state index contributed by atoms with van der Waals surface area (Å²) >= 11 is 6.07. The van der Waals surface area contributed by atoms with E-state index in [0.717, 1.165) is 11.1 Å². The highest BCUT2D eigenvalue weighted by atomic mass is 35.5. The quantitative estimate of drug-likeness (QED) is 0.458. The van der Waals surface area contributed by atoms with Crippen molar-refractivity contribution in [1.82, 2.24) is 4.90 Å². The maximum Gasteiger partial charge on any atom is 0.290 e. The Bertz CT molecular complexity index is 1300. The average Bonchev–Trinajstić information content (AvgIpc) is 3.06. The number of rotatable bonds is 4. The Hall–Kier alpha value is -3.37. The summed E-state index contributed by atoms with van der Waals surface area (Å²) in [5.41, 5.74) is 2.62. The van der Waals surface area contributed by atoms with E-state index in [-0.39, 0.29) is 17.1 Å². The molecule has 0 N–H and O–H groups in total. The first-order chi connectivity index (χ1) is 14.6. The van der Waals surface area contributed by atoms with E-state index >= 15 is 0 Å². The number of halogens is 1. The zero-order chi connectivity index (χ0) is 20.7. The van der Waals surface area contributed by atoms with Crippen LogP contribution < -0.4 is 5.43 Å². The maximum absolute atomic E-state index is 13.4. The molecule has 0 saturated carbocycles. The maximum atomic E-state index is 13.4. The van der Waals surface area contributed by atoms with Crippen LogP contribution in [0.2, 0.25) is 5.02 Å². The predicted octanol–water partition coefficient (Wildman–Crippen LogP) is 5.23. The van der Waals surface area contributed by atoms with Gasteiger partial charge in [-0.25, -0.2) is 0 Å². The fourth-order valence-corrected chi connectivity index (χ4v) is 4.21. The van der Waals surface area contributed by atoms with Crippen LogP contribution in [0.1, 0.15) is 33.3 Å². The Kier molecular flexibility index (Phi) is 4.64. The van der Waals surface area contributed by atoms with Crippen molar-refractivity contribution >= 4 is 28.5 Å². The van der Waals surface area contributed by atoms with Crippen LogP contribution in [-0.4, -0.2) is 17.4 Å². The van der Waals surface area contributed by atoms with Crippen molar-refractivity contribution < 1.29 is 9.21 Å². The molecule has 3 aromatic carbocycles. The van der Waals surface area contributed by atoms with Crippen molar-refractivity contribution in [2.24, 2.45) is 0 Å². The summed E-state index contributed by atoms with van der Waals surface area (Å²) in [6.45, 7) is 0.468. The molecule has 0 spiro atoms. The number of amides is 1. The lowest BCUT2D eigenvalue weighted by atomic mass is 9.98. The molecule has 4 nitrogen and oxygen atoms in total. The second-order valence-electron chi connectivity index (χ2n) is 7.36. The van der Waals surface area contributed by atoms with Gasteiger partial charge in [0.15, 0.2) is 5.43 Å².